The van der Waals surface area contributed by atoms with Crippen LogP contribution in [0.3, 0.4) is 0 Å². The monoisotopic (exact) mass is 275 g/mol. The van der Waals surface area contributed by atoms with Gasteiger partial charge in [-0.05, 0) is 5.92 Å². The van der Waals surface area contributed by atoms with Crippen LogP contribution < -0.4 is 10.6 Å². The number of carboxylic acid groups (broad SMARTS) is 1. The third-order valence-corrected chi connectivity index (χ3v) is 2.17. The standard InChI is InChI=1S/C11H21N3O5/c1-7(2)4-12-9(16)6-14(3)11(19)13-5-8(15)10(17)18/h7-8,15H,4-6H2,1-3H3,(H,12,16)(H,13,19)(H,17,18)/t8-/m0/s1. The fraction of sp³-hybridized carbons (Fsp3) is 0.727. The molecule has 0 radical (unpaired) electrons. The van der Waals surface area contributed by atoms with Gasteiger partial charge in [-0.25, -0.2) is 9.59 Å². The zero-order valence-corrected chi connectivity index (χ0v) is 11.3. The summed E-state index contributed by atoms with van der Waals surface area (Å²) in [5.41, 5.74) is 0. The summed E-state index contributed by atoms with van der Waals surface area (Å²) in [6, 6.07) is -0.625. The van der Waals surface area contributed by atoms with Crippen LogP contribution in [0.2, 0.25) is 0 Å². The van der Waals surface area contributed by atoms with Crippen LogP contribution in [0, 0.1) is 5.92 Å². The number of hydrogen-bond acceptors (Lipinski definition) is 4. The molecule has 1 atom stereocenters. The number of carbonyl (C=O) groups excluding carboxylic acids is 2. The lowest BCUT2D eigenvalue weighted by molar-refractivity contribution is -0.146. The van der Waals surface area contributed by atoms with Crippen LogP contribution in [0.1, 0.15) is 13.8 Å². The molecule has 0 rings (SSSR count). The summed E-state index contributed by atoms with van der Waals surface area (Å²) in [7, 11) is 1.40. The van der Waals surface area contributed by atoms with E-state index in [9.17, 15) is 14.4 Å². The summed E-state index contributed by atoms with van der Waals surface area (Å²) < 4.78 is 0. The number of nitrogens with one attached hydrogen (secondary N) is 2. The van der Waals surface area contributed by atoms with E-state index in [0.29, 0.717) is 12.5 Å². The van der Waals surface area contributed by atoms with Crippen molar-refractivity contribution in [1.29, 1.82) is 0 Å². The van der Waals surface area contributed by atoms with Crippen molar-refractivity contribution in [1.82, 2.24) is 15.5 Å². The largest absolute Gasteiger partial charge is 0.479 e. The first-order valence-electron chi connectivity index (χ1n) is 5.90. The zero-order valence-electron chi connectivity index (χ0n) is 11.3. The summed E-state index contributed by atoms with van der Waals surface area (Å²) in [5, 5.41) is 22.3. The van der Waals surface area contributed by atoms with Gasteiger partial charge >= 0.3 is 12.0 Å². The number of aliphatic hydroxyl groups is 1. The molecule has 0 unspecified atom stereocenters. The second-order valence-corrected chi connectivity index (χ2v) is 4.59. The molecule has 0 bridgehead atoms. The highest BCUT2D eigenvalue weighted by atomic mass is 16.4. The van der Waals surface area contributed by atoms with Crippen molar-refractivity contribution in [3.8, 4) is 0 Å². The Kier molecular flexibility index (Phi) is 7.50. The van der Waals surface area contributed by atoms with Gasteiger partial charge in [0.2, 0.25) is 5.91 Å². The molecule has 110 valence electrons. The predicted molar refractivity (Wildman–Crippen MR) is 67.5 cm³/mol. The summed E-state index contributed by atoms with van der Waals surface area (Å²) >= 11 is 0. The Morgan fingerprint density at radius 1 is 1.16 bits per heavy atom. The van der Waals surface area contributed by atoms with Crippen molar-refractivity contribution in [3.63, 3.8) is 0 Å². The maximum Gasteiger partial charge on any atom is 0.334 e. The first-order valence-corrected chi connectivity index (χ1v) is 5.90. The third-order valence-electron chi connectivity index (χ3n) is 2.17. The van der Waals surface area contributed by atoms with Gasteiger partial charge < -0.3 is 25.7 Å². The third kappa shape index (κ3) is 7.98. The molecule has 0 aromatic heterocycles. The molecule has 0 saturated carbocycles. The van der Waals surface area contributed by atoms with Gasteiger partial charge in [-0.15, -0.1) is 0 Å². The number of aliphatic carboxylic acids is 1. The minimum absolute atomic E-state index is 0.137. The highest BCUT2D eigenvalue weighted by molar-refractivity contribution is 5.84. The Morgan fingerprint density at radius 2 is 1.74 bits per heavy atom. The minimum Gasteiger partial charge on any atom is -0.479 e. The molecule has 19 heavy (non-hydrogen) atoms. The second kappa shape index (κ2) is 8.30. The van der Waals surface area contributed by atoms with Crippen molar-refractivity contribution in [2.45, 2.75) is 20.0 Å². The van der Waals surface area contributed by atoms with E-state index in [4.69, 9.17) is 10.2 Å². The highest BCUT2D eigenvalue weighted by Crippen LogP contribution is 1.89. The van der Waals surface area contributed by atoms with Gasteiger partial charge in [-0.3, -0.25) is 4.79 Å². The topological polar surface area (TPSA) is 119 Å². The number of aliphatic hydroxyl groups excluding tert-OH is 1. The average Bonchev–Trinajstić information content (AvgIpc) is 2.32. The second-order valence-electron chi connectivity index (χ2n) is 4.59. The number of carbonyl (C=O) groups is 3. The molecule has 4 N–H and O–H groups in total. The fourth-order valence-electron chi connectivity index (χ4n) is 1.07. The molecule has 0 saturated heterocycles. The molecule has 3 amide bonds. The van der Waals surface area contributed by atoms with Crippen LogP contribution in [0.4, 0.5) is 4.79 Å². The molecular formula is C11H21N3O5. The number of likely N-dealkylation sites (N-methyl/N-ethyl adjacent to an activating group) is 1. The van der Waals surface area contributed by atoms with Crippen LogP contribution in [-0.2, 0) is 9.59 Å². The summed E-state index contributed by atoms with van der Waals surface area (Å²) in [4.78, 5) is 34.3. The number of carboxylic acids is 1. The Balaban J connectivity index is 3.99. The molecular weight excluding hydrogens is 254 g/mol. The molecule has 0 fully saturated rings. The van der Waals surface area contributed by atoms with Crippen molar-refractivity contribution in [3.05, 3.63) is 0 Å². The van der Waals surface area contributed by atoms with Gasteiger partial charge in [0.25, 0.3) is 0 Å². The number of urea groups is 1. The van der Waals surface area contributed by atoms with Crippen LogP contribution >= 0.6 is 0 Å². The van der Waals surface area contributed by atoms with Gasteiger partial charge in [0.05, 0.1) is 6.54 Å². The lowest BCUT2D eigenvalue weighted by Gasteiger charge is -2.18. The Hall–Kier alpha value is -1.83. The van der Waals surface area contributed by atoms with Crippen LogP contribution in [-0.4, -0.2) is 65.8 Å². The number of nitrogens with zero attached hydrogens (tertiary/aromatic N) is 1. The molecule has 0 heterocycles. The maximum atomic E-state index is 11.5. The fourth-order valence-corrected chi connectivity index (χ4v) is 1.07. The van der Waals surface area contributed by atoms with E-state index < -0.39 is 24.6 Å². The zero-order chi connectivity index (χ0) is 15.0. The summed E-state index contributed by atoms with van der Waals surface area (Å²) in [5.74, 6) is -1.41. The lowest BCUT2D eigenvalue weighted by Crippen LogP contribution is -2.46. The molecule has 0 aliphatic carbocycles. The smallest absolute Gasteiger partial charge is 0.334 e. The van der Waals surface area contributed by atoms with E-state index >= 15 is 0 Å². The van der Waals surface area contributed by atoms with Crippen LogP contribution in [0.15, 0.2) is 0 Å². The van der Waals surface area contributed by atoms with Gasteiger partial charge in [-0.1, -0.05) is 13.8 Å². The van der Waals surface area contributed by atoms with Gasteiger partial charge in [0.1, 0.15) is 6.54 Å². The van der Waals surface area contributed by atoms with Crippen LogP contribution in [0.25, 0.3) is 0 Å². The van der Waals surface area contributed by atoms with Crippen molar-refractivity contribution >= 4 is 17.9 Å². The molecule has 0 aliphatic heterocycles. The molecule has 8 heteroatoms. The van der Waals surface area contributed by atoms with Crippen molar-refractivity contribution in [2.24, 2.45) is 5.92 Å². The van der Waals surface area contributed by atoms with E-state index in [1.54, 1.807) is 0 Å². The van der Waals surface area contributed by atoms with Crippen molar-refractivity contribution < 1.29 is 24.6 Å². The van der Waals surface area contributed by atoms with E-state index in [1.807, 2.05) is 13.8 Å². The molecule has 0 aliphatic rings. The predicted octanol–water partition coefficient (Wildman–Crippen LogP) is -1.15. The molecule has 0 aromatic rings. The Morgan fingerprint density at radius 3 is 2.21 bits per heavy atom. The SMILES string of the molecule is CC(C)CNC(=O)CN(C)C(=O)NC[C@H](O)C(=O)O. The summed E-state index contributed by atoms with van der Waals surface area (Å²) in [6.07, 6.45) is -1.66. The Bertz CT molecular complexity index is 332. The first kappa shape index (κ1) is 17.2. The first-order chi connectivity index (χ1) is 8.73. The van der Waals surface area contributed by atoms with E-state index in [0.717, 1.165) is 4.90 Å². The van der Waals surface area contributed by atoms with Crippen molar-refractivity contribution in [2.75, 3.05) is 26.7 Å². The average molecular weight is 275 g/mol. The molecule has 0 spiro atoms. The lowest BCUT2D eigenvalue weighted by atomic mass is 10.2. The van der Waals surface area contributed by atoms with Gasteiger partial charge in [0, 0.05) is 13.6 Å². The number of hydrogen-bond donors (Lipinski definition) is 4. The molecule has 8 nitrogen and oxygen atoms in total. The molecule has 0 aromatic carbocycles. The van der Waals surface area contributed by atoms with E-state index in [2.05, 4.69) is 10.6 Å². The summed E-state index contributed by atoms with van der Waals surface area (Å²) in [6.45, 7) is 3.87. The quantitative estimate of drug-likeness (QED) is 0.467. The maximum absolute atomic E-state index is 11.5. The number of rotatable bonds is 7. The van der Waals surface area contributed by atoms with Gasteiger partial charge in [0.15, 0.2) is 6.10 Å². The highest BCUT2D eigenvalue weighted by Gasteiger charge is 2.17. The normalized spacial score (nSPS) is 11.8. The minimum atomic E-state index is -1.66. The van der Waals surface area contributed by atoms with E-state index in [-0.39, 0.29) is 12.5 Å². The van der Waals surface area contributed by atoms with Gasteiger partial charge in [-0.2, -0.15) is 0 Å². The Labute approximate surface area is 111 Å². The number of amides is 3. The van der Waals surface area contributed by atoms with E-state index in [1.165, 1.54) is 7.05 Å². The van der Waals surface area contributed by atoms with Crippen LogP contribution in [0.5, 0.6) is 0 Å².